The van der Waals surface area contributed by atoms with Gasteiger partial charge in [0.05, 0.1) is 35.3 Å². The number of ether oxygens (including phenoxy) is 1. The lowest BCUT2D eigenvalue weighted by molar-refractivity contribution is -0.384. The summed E-state index contributed by atoms with van der Waals surface area (Å²) in [5, 5.41) is 19.9. The molecule has 1 heterocycles. The monoisotopic (exact) mass is 290 g/mol. The van der Waals surface area contributed by atoms with Crippen molar-refractivity contribution in [1.29, 1.82) is 0 Å². The average molecular weight is 291 g/mol. The third kappa shape index (κ3) is 2.94. The number of rotatable bonds is 3. The first-order chi connectivity index (χ1) is 9.02. The maximum absolute atomic E-state index is 13.3. The number of nitro benzene ring substituents is 1. The summed E-state index contributed by atoms with van der Waals surface area (Å²) in [6.07, 6.45) is -0.419. The first-order valence-corrected chi connectivity index (χ1v) is 6.01. The third-order valence-electron chi connectivity index (χ3n) is 2.90. The second-order valence-electron chi connectivity index (χ2n) is 4.13. The first kappa shape index (κ1) is 14.0. The van der Waals surface area contributed by atoms with Crippen LogP contribution in [-0.4, -0.2) is 42.4 Å². The van der Waals surface area contributed by atoms with Gasteiger partial charge in [0.2, 0.25) is 0 Å². The summed E-state index contributed by atoms with van der Waals surface area (Å²) < 4.78 is 18.6. The third-order valence-corrected chi connectivity index (χ3v) is 3.19. The smallest absolute Gasteiger partial charge is 0.295 e. The van der Waals surface area contributed by atoms with Crippen molar-refractivity contribution in [3.63, 3.8) is 0 Å². The van der Waals surface area contributed by atoms with Gasteiger partial charge in [0.15, 0.2) is 0 Å². The van der Waals surface area contributed by atoms with Crippen LogP contribution in [0.25, 0.3) is 0 Å². The molecule has 8 heteroatoms. The summed E-state index contributed by atoms with van der Waals surface area (Å²) in [4.78, 5) is 12.0. The number of hydrogen-bond donors (Lipinski definition) is 1. The van der Waals surface area contributed by atoms with Gasteiger partial charge in [0.1, 0.15) is 11.5 Å². The van der Waals surface area contributed by atoms with Crippen LogP contribution in [0, 0.1) is 15.9 Å². The molecule has 1 aromatic carbocycles. The van der Waals surface area contributed by atoms with Gasteiger partial charge in [0.25, 0.3) is 5.69 Å². The summed E-state index contributed by atoms with van der Waals surface area (Å²) in [5.74, 6) is -0.830. The van der Waals surface area contributed by atoms with Crippen molar-refractivity contribution in [3.05, 3.63) is 33.1 Å². The predicted octanol–water partition coefficient (Wildman–Crippen LogP) is 1.58. The number of hydrogen-bond acceptors (Lipinski definition) is 5. The summed E-state index contributed by atoms with van der Waals surface area (Å²) in [5.41, 5.74) is -0.112. The number of anilines is 1. The molecule has 1 N–H and O–H groups in total. The van der Waals surface area contributed by atoms with Gasteiger partial charge in [-0.3, -0.25) is 10.1 Å². The molecular formula is C11H12ClFN2O4. The van der Waals surface area contributed by atoms with Gasteiger partial charge >= 0.3 is 0 Å². The van der Waals surface area contributed by atoms with Crippen LogP contribution < -0.4 is 4.90 Å². The topological polar surface area (TPSA) is 75.8 Å². The minimum Gasteiger partial charge on any atom is -0.394 e. The fourth-order valence-electron chi connectivity index (χ4n) is 1.97. The molecule has 2 rings (SSSR count). The van der Waals surface area contributed by atoms with E-state index in [0.717, 1.165) is 6.07 Å². The molecule has 0 saturated carbocycles. The van der Waals surface area contributed by atoms with Gasteiger partial charge < -0.3 is 14.7 Å². The first-order valence-electron chi connectivity index (χ1n) is 5.63. The Labute approximate surface area is 113 Å². The zero-order valence-corrected chi connectivity index (χ0v) is 10.6. The lowest BCUT2D eigenvalue weighted by Crippen LogP contribution is -2.44. The number of morpholine rings is 1. The van der Waals surface area contributed by atoms with Crippen molar-refractivity contribution < 1.29 is 19.2 Å². The molecule has 1 fully saturated rings. The molecule has 104 valence electrons. The minimum absolute atomic E-state index is 0.173. The zero-order valence-electron chi connectivity index (χ0n) is 9.88. The number of nitrogens with zero attached hydrogens (tertiary/aromatic N) is 2. The number of nitro groups is 1. The quantitative estimate of drug-likeness (QED) is 0.676. The summed E-state index contributed by atoms with van der Waals surface area (Å²) >= 11 is 5.68. The van der Waals surface area contributed by atoms with Crippen LogP contribution in [0.3, 0.4) is 0 Å². The molecule has 0 spiro atoms. The Kier molecular flexibility index (Phi) is 4.18. The van der Waals surface area contributed by atoms with Crippen LogP contribution in [0.15, 0.2) is 12.1 Å². The molecule has 19 heavy (non-hydrogen) atoms. The fraction of sp³-hybridized carbons (Fsp3) is 0.455. The lowest BCUT2D eigenvalue weighted by Gasteiger charge is -2.33. The van der Waals surface area contributed by atoms with Crippen molar-refractivity contribution in [2.24, 2.45) is 0 Å². The SMILES string of the molecule is O=[N+]([O-])c1cc(F)c(Cl)cc1N1CCOC(CO)C1. The van der Waals surface area contributed by atoms with Gasteiger partial charge in [-0.15, -0.1) is 0 Å². The van der Waals surface area contributed by atoms with Gasteiger partial charge in [0, 0.05) is 13.1 Å². The number of benzene rings is 1. The molecule has 1 atom stereocenters. The molecule has 1 unspecified atom stereocenters. The Morgan fingerprint density at radius 2 is 2.37 bits per heavy atom. The molecule has 0 aliphatic carbocycles. The van der Waals surface area contributed by atoms with Crippen LogP contribution in [0.4, 0.5) is 15.8 Å². The highest BCUT2D eigenvalue weighted by molar-refractivity contribution is 6.31. The highest BCUT2D eigenvalue weighted by Crippen LogP contribution is 2.34. The second-order valence-corrected chi connectivity index (χ2v) is 4.54. The van der Waals surface area contributed by atoms with E-state index in [0.29, 0.717) is 19.7 Å². The van der Waals surface area contributed by atoms with Gasteiger partial charge in [-0.1, -0.05) is 11.6 Å². The number of halogens is 2. The highest BCUT2D eigenvalue weighted by Gasteiger charge is 2.27. The van der Waals surface area contributed by atoms with Gasteiger partial charge in [-0.2, -0.15) is 0 Å². The Morgan fingerprint density at radius 3 is 3.00 bits per heavy atom. The van der Waals surface area contributed by atoms with E-state index in [1.54, 1.807) is 4.90 Å². The maximum atomic E-state index is 13.3. The average Bonchev–Trinajstić information content (AvgIpc) is 2.41. The van der Waals surface area contributed by atoms with Crippen LogP contribution in [0.1, 0.15) is 0 Å². The van der Waals surface area contributed by atoms with E-state index in [1.165, 1.54) is 6.07 Å². The number of aliphatic hydroxyl groups excluding tert-OH is 1. The standard InChI is InChI=1S/C11H12ClFN2O4/c12-8-3-10(11(15(17)18)4-9(8)13)14-1-2-19-7(5-14)6-16/h3-4,7,16H,1-2,5-6H2. The Hall–Kier alpha value is -1.44. The number of aliphatic hydroxyl groups is 1. The van der Waals surface area contributed by atoms with Crippen LogP contribution in [0.2, 0.25) is 5.02 Å². The molecule has 1 aliphatic rings. The van der Waals surface area contributed by atoms with Crippen molar-refractivity contribution in [2.75, 3.05) is 31.2 Å². The van der Waals surface area contributed by atoms with E-state index in [1.807, 2.05) is 0 Å². The molecule has 6 nitrogen and oxygen atoms in total. The van der Waals surface area contributed by atoms with Crippen LogP contribution in [0.5, 0.6) is 0 Å². The molecule has 1 aromatic rings. The summed E-state index contributed by atoms with van der Waals surface area (Å²) in [6, 6.07) is 2.04. The van der Waals surface area contributed by atoms with Crippen molar-refractivity contribution in [3.8, 4) is 0 Å². The normalized spacial score (nSPS) is 19.5. The molecule has 0 radical (unpaired) electrons. The Bertz CT molecular complexity index is 500. The fourth-order valence-corrected chi connectivity index (χ4v) is 2.13. The van der Waals surface area contributed by atoms with Crippen LogP contribution in [-0.2, 0) is 4.74 Å². The lowest BCUT2D eigenvalue weighted by atomic mass is 10.2. The largest absolute Gasteiger partial charge is 0.394 e. The molecule has 1 aliphatic heterocycles. The predicted molar refractivity (Wildman–Crippen MR) is 67.1 cm³/mol. The van der Waals surface area contributed by atoms with Crippen molar-refractivity contribution in [2.45, 2.75) is 6.10 Å². The van der Waals surface area contributed by atoms with Crippen molar-refractivity contribution >= 4 is 23.0 Å². The molecule has 0 aromatic heterocycles. The molecule has 0 bridgehead atoms. The second kappa shape index (κ2) is 5.68. The van der Waals surface area contributed by atoms with Gasteiger partial charge in [-0.25, -0.2) is 4.39 Å². The van der Waals surface area contributed by atoms with E-state index < -0.39 is 16.8 Å². The minimum atomic E-state index is -0.830. The van der Waals surface area contributed by atoms with E-state index in [2.05, 4.69) is 0 Å². The highest BCUT2D eigenvalue weighted by atomic mass is 35.5. The summed E-state index contributed by atoms with van der Waals surface area (Å²) in [6.45, 7) is 0.856. The van der Waals surface area contributed by atoms with Crippen molar-refractivity contribution in [1.82, 2.24) is 0 Å². The Morgan fingerprint density at radius 1 is 1.63 bits per heavy atom. The van der Waals surface area contributed by atoms with E-state index >= 15 is 0 Å². The maximum Gasteiger partial charge on any atom is 0.295 e. The molecule has 1 saturated heterocycles. The van der Waals surface area contributed by atoms with E-state index in [9.17, 15) is 14.5 Å². The zero-order chi connectivity index (χ0) is 14.0. The summed E-state index contributed by atoms with van der Waals surface area (Å²) in [7, 11) is 0. The van der Waals surface area contributed by atoms with E-state index in [-0.39, 0.29) is 23.0 Å². The van der Waals surface area contributed by atoms with Gasteiger partial charge in [-0.05, 0) is 6.07 Å². The molecular weight excluding hydrogens is 279 g/mol. The van der Waals surface area contributed by atoms with Crippen LogP contribution >= 0.6 is 11.6 Å². The molecule has 0 amide bonds. The Balaban J connectivity index is 2.37. The van der Waals surface area contributed by atoms with E-state index in [4.69, 9.17) is 21.4 Å².